The Morgan fingerprint density at radius 1 is 0.333 bits per heavy atom. The molecule has 0 aliphatic rings. The molecular formula is C57H35N5S. The van der Waals surface area contributed by atoms with E-state index in [-0.39, 0.29) is 0 Å². The average Bonchev–Trinajstić information content (AvgIpc) is 4.01. The zero-order valence-electron chi connectivity index (χ0n) is 33.9. The third-order valence-electron chi connectivity index (χ3n) is 12.4. The SMILES string of the molecule is c1ccc(-c2ccc3c(c2)c2cc4c5ccccc5n(-c5ccccc5)c4cc2n3-c2ccc(-c3nc(-c4ccccc4)nc(-c4ccccc4)n3)c3sc4ccccc4c23)cc1. The third-order valence-corrected chi connectivity index (χ3v) is 13.6. The second-order valence-corrected chi connectivity index (χ2v) is 17.0. The van der Waals surface area contributed by atoms with Crippen molar-refractivity contribution < 1.29 is 0 Å². The zero-order chi connectivity index (χ0) is 41.4. The number of para-hydroxylation sites is 2. The summed E-state index contributed by atoms with van der Waals surface area (Å²) in [4.78, 5) is 15.5. The van der Waals surface area contributed by atoms with Crippen molar-refractivity contribution in [1.82, 2.24) is 24.1 Å². The second-order valence-electron chi connectivity index (χ2n) is 16.0. The second kappa shape index (κ2) is 14.2. The van der Waals surface area contributed by atoms with Gasteiger partial charge in [0.2, 0.25) is 0 Å². The van der Waals surface area contributed by atoms with Gasteiger partial charge in [-0.05, 0) is 71.8 Å². The standard InChI is InChI=1S/C57H35N5S/c1-5-17-36(18-6-1)39-29-31-48-44(33-39)46-34-45-41-25-13-15-27-47(41)61(40-23-11-4-12-24-40)50(45)35-51(46)62(48)49-32-30-43(54-53(49)42-26-14-16-28-52(42)63-54)57-59-55(37-19-7-2-8-20-37)58-56(60-57)38-21-9-3-10-22-38/h1-35H. The minimum absolute atomic E-state index is 0.646. The van der Waals surface area contributed by atoms with Gasteiger partial charge in [-0.1, -0.05) is 152 Å². The molecule has 0 atom stereocenters. The first-order chi connectivity index (χ1) is 31.2. The van der Waals surface area contributed by atoms with Crippen LogP contribution in [0.15, 0.2) is 212 Å². The van der Waals surface area contributed by atoms with Crippen molar-refractivity contribution in [2.24, 2.45) is 0 Å². The summed E-state index contributed by atoms with van der Waals surface area (Å²) in [5, 5.41) is 7.25. The molecule has 13 aromatic rings. The van der Waals surface area contributed by atoms with E-state index in [1.165, 1.54) is 53.7 Å². The van der Waals surface area contributed by atoms with E-state index < -0.39 is 0 Å². The van der Waals surface area contributed by atoms with Crippen LogP contribution in [0, 0.1) is 0 Å². The molecule has 9 aromatic carbocycles. The predicted octanol–water partition coefficient (Wildman–Crippen LogP) is 15.1. The van der Waals surface area contributed by atoms with Crippen molar-refractivity contribution >= 4 is 75.1 Å². The van der Waals surface area contributed by atoms with E-state index >= 15 is 0 Å². The lowest BCUT2D eigenvalue weighted by molar-refractivity contribution is 1.08. The van der Waals surface area contributed by atoms with Crippen LogP contribution < -0.4 is 0 Å². The number of thiophene rings is 1. The zero-order valence-corrected chi connectivity index (χ0v) is 34.7. The summed E-state index contributed by atoms with van der Waals surface area (Å²) < 4.78 is 7.25. The van der Waals surface area contributed by atoms with Gasteiger partial charge in [0.25, 0.3) is 0 Å². The number of hydrogen-bond donors (Lipinski definition) is 0. The van der Waals surface area contributed by atoms with Crippen LogP contribution in [0.2, 0.25) is 0 Å². The molecule has 0 bridgehead atoms. The third kappa shape index (κ3) is 5.66. The summed E-state index contributed by atoms with van der Waals surface area (Å²) in [6.07, 6.45) is 0. The molecular weight excluding hydrogens is 787 g/mol. The quantitative estimate of drug-likeness (QED) is 0.168. The highest BCUT2D eigenvalue weighted by Crippen LogP contribution is 2.46. The van der Waals surface area contributed by atoms with Crippen LogP contribution >= 0.6 is 11.3 Å². The highest BCUT2D eigenvalue weighted by atomic mass is 32.1. The molecule has 0 amide bonds. The Morgan fingerprint density at radius 2 is 0.873 bits per heavy atom. The first-order valence-electron chi connectivity index (χ1n) is 21.2. The van der Waals surface area contributed by atoms with Crippen molar-refractivity contribution in [2.45, 2.75) is 0 Å². The fraction of sp³-hybridized carbons (Fsp3) is 0. The van der Waals surface area contributed by atoms with Gasteiger partial charge in [0.15, 0.2) is 17.5 Å². The van der Waals surface area contributed by atoms with Crippen LogP contribution in [0.5, 0.6) is 0 Å². The first kappa shape index (κ1) is 35.6. The first-order valence-corrected chi connectivity index (χ1v) is 22.0. The molecule has 0 fully saturated rings. The lowest BCUT2D eigenvalue weighted by Crippen LogP contribution is -2.01. The molecule has 0 unspecified atom stereocenters. The maximum Gasteiger partial charge on any atom is 0.165 e. The van der Waals surface area contributed by atoms with E-state index in [4.69, 9.17) is 15.0 Å². The van der Waals surface area contributed by atoms with Crippen molar-refractivity contribution in [3.05, 3.63) is 212 Å². The normalized spacial score (nSPS) is 11.8. The molecule has 5 nitrogen and oxygen atoms in total. The molecule has 0 aliphatic carbocycles. The largest absolute Gasteiger partial charge is 0.309 e. The number of hydrogen-bond acceptors (Lipinski definition) is 4. The van der Waals surface area contributed by atoms with E-state index in [9.17, 15) is 0 Å². The Bertz CT molecular complexity index is 3830. The van der Waals surface area contributed by atoms with Gasteiger partial charge in [-0.2, -0.15) is 0 Å². The van der Waals surface area contributed by atoms with Crippen molar-refractivity contribution in [2.75, 3.05) is 0 Å². The smallest absolute Gasteiger partial charge is 0.165 e. The minimum Gasteiger partial charge on any atom is -0.309 e. The summed E-state index contributed by atoms with van der Waals surface area (Å²) in [7, 11) is 0. The van der Waals surface area contributed by atoms with E-state index in [2.05, 4.69) is 185 Å². The number of benzene rings is 9. The van der Waals surface area contributed by atoms with Crippen molar-refractivity contribution in [3.63, 3.8) is 0 Å². The summed E-state index contributed by atoms with van der Waals surface area (Å²) in [5.74, 6) is 1.94. The summed E-state index contributed by atoms with van der Waals surface area (Å²) in [6, 6.07) is 75.7. The van der Waals surface area contributed by atoms with Crippen molar-refractivity contribution in [3.8, 4) is 56.7 Å². The fourth-order valence-corrected chi connectivity index (χ4v) is 10.7. The molecule has 0 aliphatic heterocycles. The van der Waals surface area contributed by atoms with Crippen LogP contribution in [0.4, 0.5) is 0 Å². The van der Waals surface area contributed by atoms with E-state index in [1.807, 2.05) is 36.4 Å². The number of nitrogens with zero attached hydrogens (tertiary/aromatic N) is 5. The van der Waals surface area contributed by atoms with E-state index in [0.717, 1.165) is 49.3 Å². The molecule has 6 heteroatoms. The summed E-state index contributed by atoms with van der Waals surface area (Å²) in [5.41, 5.74) is 12.1. The molecule has 294 valence electrons. The average molecular weight is 822 g/mol. The summed E-state index contributed by atoms with van der Waals surface area (Å²) >= 11 is 1.80. The monoisotopic (exact) mass is 821 g/mol. The minimum atomic E-state index is 0.646. The molecule has 13 rings (SSSR count). The lowest BCUT2D eigenvalue weighted by Gasteiger charge is -2.14. The van der Waals surface area contributed by atoms with Gasteiger partial charge < -0.3 is 9.13 Å². The Kier molecular flexibility index (Phi) is 8.01. The van der Waals surface area contributed by atoms with E-state index in [1.54, 1.807) is 11.3 Å². The number of rotatable bonds is 6. The van der Waals surface area contributed by atoms with Crippen LogP contribution in [0.3, 0.4) is 0 Å². The van der Waals surface area contributed by atoms with Crippen LogP contribution in [0.1, 0.15) is 0 Å². The Hall–Kier alpha value is -8.19. The van der Waals surface area contributed by atoms with E-state index in [0.29, 0.717) is 17.5 Å². The van der Waals surface area contributed by atoms with Gasteiger partial charge in [-0.25, -0.2) is 15.0 Å². The lowest BCUT2D eigenvalue weighted by atomic mass is 10.0. The van der Waals surface area contributed by atoms with Crippen LogP contribution in [-0.2, 0) is 0 Å². The maximum absolute atomic E-state index is 5.22. The van der Waals surface area contributed by atoms with Crippen molar-refractivity contribution in [1.29, 1.82) is 0 Å². The Balaban J connectivity index is 1.14. The topological polar surface area (TPSA) is 48.5 Å². The van der Waals surface area contributed by atoms with Gasteiger partial charge >= 0.3 is 0 Å². The Morgan fingerprint density at radius 3 is 1.59 bits per heavy atom. The molecule has 63 heavy (non-hydrogen) atoms. The molecule has 0 N–H and O–H groups in total. The summed E-state index contributed by atoms with van der Waals surface area (Å²) in [6.45, 7) is 0. The number of aromatic nitrogens is 5. The molecule has 0 saturated heterocycles. The molecule has 0 radical (unpaired) electrons. The maximum atomic E-state index is 5.22. The Labute approximate surface area is 366 Å². The number of fused-ring (bicyclic) bond motifs is 9. The molecule has 0 spiro atoms. The molecule has 4 heterocycles. The highest BCUT2D eigenvalue weighted by molar-refractivity contribution is 7.26. The molecule has 0 saturated carbocycles. The van der Waals surface area contributed by atoms with Gasteiger partial charge in [-0.15, -0.1) is 11.3 Å². The fourth-order valence-electron chi connectivity index (χ4n) is 9.51. The van der Waals surface area contributed by atoms with Crippen LogP contribution in [-0.4, -0.2) is 24.1 Å². The van der Waals surface area contributed by atoms with Gasteiger partial charge in [0.05, 0.1) is 27.8 Å². The predicted molar refractivity (Wildman–Crippen MR) is 263 cm³/mol. The van der Waals surface area contributed by atoms with Gasteiger partial charge in [0.1, 0.15) is 0 Å². The highest BCUT2D eigenvalue weighted by Gasteiger charge is 2.24. The van der Waals surface area contributed by atoms with Crippen LogP contribution in [0.25, 0.3) is 120 Å². The van der Waals surface area contributed by atoms with Gasteiger partial charge in [-0.3, -0.25) is 0 Å². The van der Waals surface area contributed by atoms with Gasteiger partial charge in [0, 0.05) is 64.1 Å². The molecule has 4 aromatic heterocycles.